The molecule has 1 saturated carbocycles. The molecule has 2 heterocycles. The number of rotatable bonds is 6. The smallest absolute Gasteiger partial charge is 0.251 e. The first-order valence-corrected chi connectivity index (χ1v) is 16.7. The number of carbonyl (C=O) groups is 2. The Morgan fingerprint density at radius 1 is 0.800 bits per heavy atom. The minimum atomic E-state index is -0.0672. The highest BCUT2D eigenvalue weighted by Crippen LogP contribution is 2.44. The highest BCUT2D eigenvalue weighted by Gasteiger charge is 2.28. The minimum absolute atomic E-state index is 0.0109. The lowest BCUT2D eigenvalue weighted by atomic mass is 9.81. The quantitative estimate of drug-likeness (QED) is 0.227. The number of hydrogen-bond donors (Lipinski definition) is 2. The maximum atomic E-state index is 13.4. The molecule has 3 aromatic carbocycles. The summed E-state index contributed by atoms with van der Waals surface area (Å²) in [5, 5.41) is 8.00. The summed E-state index contributed by atoms with van der Waals surface area (Å²) in [6, 6.07) is 19.6. The van der Waals surface area contributed by atoms with E-state index in [1.165, 1.54) is 24.8 Å². The number of carbonyl (C=O) groups excluding carboxylic acids is 2. The molecule has 1 aliphatic heterocycles. The van der Waals surface area contributed by atoms with Crippen LogP contribution in [0.1, 0.15) is 85.2 Å². The fourth-order valence-corrected chi connectivity index (χ4v) is 6.96. The number of halogens is 1. The first kappa shape index (κ1) is 31.0. The van der Waals surface area contributed by atoms with Crippen molar-refractivity contribution in [1.29, 1.82) is 0 Å². The van der Waals surface area contributed by atoms with Crippen LogP contribution in [0.25, 0.3) is 22.2 Å². The van der Waals surface area contributed by atoms with Crippen LogP contribution in [0.3, 0.4) is 0 Å². The lowest BCUT2D eigenvalue weighted by molar-refractivity contribution is -0.121. The summed E-state index contributed by atoms with van der Waals surface area (Å²) in [4.78, 5) is 26.5. The second-order valence-electron chi connectivity index (χ2n) is 12.2. The fourth-order valence-electron chi connectivity index (χ4n) is 6.79. The summed E-state index contributed by atoms with van der Waals surface area (Å²) in [5.41, 5.74) is 5.75. The third-order valence-corrected chi connectivity index (χ3v) is 9.54. The second kappa shape index (κ2) is 14.4. The normalized spacial score (nSPS) is 16.9. The molecule has 1 aliphatic carbocycles. The maximum absolute atomic E-state index is 13.4. The van der Waals surface area contributed by atoms with Crippen molar-refractivity contribution in [2.45, 2.75) is 76.9 Å². The van der Waals surface area contributed by atoms with Gasteiger partial charge in [-0.3, -0.25) is 9.59 Å². The Bertz CT molecular complexity index is 1660. The van der Waals surface area contributed by atoms with Crippen molar-refractivity contribution in [1.82, 2.24) is 15.2 Å². The molecule has 2 amide bonds. The molecule has 2 bridgehead atoms. The Kier molecular flexibility index (Phi) is 9.94. The Hall–Kier alpha value is -3.97. The topological polar surface area (TPSA) is 81.6 Å². The molecule has 0 unspecified atom stereocenters. The molecule has 236 valence electrons. The lowest BCUT2D eigenvalue weighted by Gasteiger charge is -2.24. The van der Waals surface area contributed by atoms with Gasteiger partial charge in [0, 0.05) is 34.6 Å². The van der Waals surface area contributed by atoms with Gasteiger partial charge < -0.3 is 24.7 Å². The van der Waals surface area contributed by atoms with Crippen LogP contribution in [0.4, 0.5) is 0 Å². The summed E-state index contributed by atoms with van der Waals surface area (Å²) in [5.74, 6) is 1.76. The zero-order valence-corrected chi connectivity index (χ0v) is 26.8. The molecule has 2 N–H and O–H groups in total. The van der Waals surface area contributed by atoms with Gasteiger partial charge in [0.15, 0.2) is 0 Å². The summed E-state index contributed by atoms with van der Waals surface area (Å²) in [6.45, 7) is 1.81. The Balaban J connectivity index is 1.40. The van der Waals surface area contributed by atoms with Crippen LogP contribution in [-0.2, 0) is 17.9 Å². The van der Waals surface area contributed by atoms with Crippen LogP contribution in [0.5, 0.6) is 11.5 Å². The molecule has 7 nitrogen and oxygen atoms in total. The van der Waals surface area contributed by atoms with E-state index in [9.17, 15) is 9.59 Å². The van der Waals surface area contributed by atoms with Crippen molar-refractivity contribution in [3.63, 3.8) is 0 Å². The van der Waals surface area contributed by atoms with Crippen LogP contribution in [-0.4, -0.2) is 36.6 Å². The molecule has 6 rings (SSSR count). The van der Waals surface area contributed by atoms with Crippen LogP contribution in [0.15, 0.2) is 60.7 Å². The monoisotopic (exact) mass is 627 g/mol. The Morgan fingerprint density at radius 2 is 1.49 bits per heavy atom. The van der Waals surface area contributed by atoms with Gasteiger partial charge in [-0.2, -0.15) is 0 Å². The zero-order valence-electron chi connectivity index (χ0n) is 26.0. The molecule has 4 aromatic rings. The van der Waals surface area contributed by atoms with E-state index in [-0.39, 0.29) is 18.4 Å². The number of ether oxygens (including phenoxy) is 2. The molecule has 0 radical (unpaired) electrons. The Labute approximate surface area is 270 Å². The van der Waals surface area contributed by atoms with Crippen molar-refractivity contribution in [2.24, 2.45) is 0 Å². The molecular formula is C37H42ClN3O4. The number of benzene rings is 3. The van der Waals surface area contributed by atoms with Crippen LogP contribution >= 0.6 is 11.6 Å². The number of methoxy groups -OCH3 is 1. The van der Waals surface area contributed by atoms with Gasteiger partial charge in [0.05, 0.1) is 18.3 Å². The third-order valence-electron chi connectivity index (χ3n) is 9.17. The standard InChI is InChI=1S/C37H42ClN3O4/c1-44-30-16-18-32(38)28(21-30)24-45-29-14-11-26(12-15-29)36-35(25-9-5-4-6-10-25)31-17-13-27-22-33(31)41(36)23-34(42)39-19-7-2-3-8-20-40-37(27)43/h11-18,21-22,25H,2-10,19-20,23-24H2,1H3,(H,39,42)(H,40,43). The second-order valence-corrected chi connectivity index (χ2v) is 12.6. The number of aromatic nitrogens is 1. The van der Waals surface area contributed by atoms with Crippen LogP contribution in [0.2, 0.25) is 5.02 Å². The van der Waals surface area contributed by atoms with Gasteiger partial charge in [-0.15, -0.1) is 0 Å². The predicted octanol–water partition coefficient (Wildman–Crippen LogP) is 8.02. The lowest BCUT2D eigenvalue weighted by Crippen LogP contribution is -2.28. The van der Waals surface area contributed by atoms with E-state index in [0.717, 1.165) is 77.7 Å². The van der Waals surface area contributed by atoms with Gasteiger partial charge >= 0.3 is 0 Å². The number of nitrogens with one attached hydrogen (secondary N) is 2. The zero-order chi connectivity index (χ0) is 31.2. The molecule has 0 atom stereocenters. The molecular weight excluding hydrogens is 586 g/mol. The van der Waals surface area contributed by atoms with Crippen molar-refractivity contribution < 1.29 is 19.1 Å². The van der Waals surface area contributed by atoms with E-state index < -0.39 is 0 Å². The van der Waals surface area contributed by atoms with E-state index in [0.29, 0.717) is 36.2 Å². The van der Waals surface area contributed by atoms with Gasteiger partial charge in [0.25, 0.3) is 5.91 Å². The number of nitrogens with zero attached hydrogens (tertiary/aromatic N) is 1. The average molecular weight is 628 g/mol. The molecule has 0 saturated heterocycles. The van der Waals surface area contributed by atoms with E-state index >= 15 is 0 Å². The van der Waals surface area contributed by atoms with Gasteiger partial charge in [-0.1, -0.05) is 49.8 Å². The van der Waals surface area contributed by atoms with Gasteiger partial charge in [-0.25, -0.2) is 0 Å². The summed E-state index contributed by atoms with van der Waals surface area (Å²) in [7, 11) is 1.63. The Morgan fingerprint density at radius 3 is 2.24 bits per heavy atom. The number of fused-ring (bicyclic) bond motifs is 1. The summed E-state index contributed by atoms with van der Waals surface area (Å²) < 4.78 is 13.6. The first-order valence-electron chi connectivity index (χ1n) is 16.3. The van der Waals surface area contributed by atoms with Crippen molar-refractivity contribution in [3.05, 3.63) is 82.4 Å². The number of hydrogen-bond acceptors (Lipinski definition) is 4. The van der Waals surface area contributed by atoms with Gasteiger partial charge in [0.2, 0.25) is 5.91 Å². The number of amides is 2. The van der Waals surface area contributed by atoms with E-state index in [1.54, 1.807) is 7.11 Å². The van der Waals surface area contributed by atoms with Crippen LogP contribution < -0.4 is 20.1 Å². The van der Waals surface area contributed by atoms with Crippen molar-refractivity contribution in [2.75, 3.05) is 20.2 Å². The third kappa shape index (κ3) is 7.14. The average Bonchev–Trinajstić information content (AvgIpc) is 3.38. The SMILES string of the molecule is COc1ccc(Cl)c(COc2ccc(-c3c(C4CCCCC4)c4ccc5cc4n3CC(=O)NCCCCCCNC5=O)cc2)c1. The van der Waals surface area contributed by atoms with Gasteiger partial charge in [-0.05, 0) is 97.3 Å². The fraction of sp³-hybridized carbons (Fsp3) is 0.405. The van der Waals surface area contributed by atoms with E-state index in [4.69, 9.17) is 21.1 Å². The summed E-state index contributed by atoms with van der Waals surface area (Å²) in [6.07, 6.45) is 9.77. The molecule has 1 fully saturated rings. The highest BCUT2D eigenvalue weighted by molar-refractivity contribution is 6.31. The maximum Gasteiger partial charge on any atom is 0.251 e. The first-order chi connectivity index (χ1) is 22.0. The molecule has 2 aliphatic rings. The molecule has 1 aromatic heterocycles. The van der Waals surface area contributed by atoms with Crippen molar-refractivity contribution >= 4 is 34.3 Å². The molecule has 8 heteroatoms. The van der Waals surface area contributed by atoms with Crippen LogP contribution in [0, 0.1) is 0 Å². The largest absolute Gasteiger partial charge is 0.497 e. The van der Waals surface area contributed by atoms with E-state index in [2.05, 4.69) is 33.4 Å². The molecule has 45 heavy (non-hydrogen) atoms. The van der Waals surface area contributed by atoms with Gasteiger partial charge in [0.1, 0.15) is 24.7 Å². The predicted molar refractivity (Wildman–Crippen MR) is 179 cm³/mol. The minimum Gasteiger partial charge on any atom is -0.497 e. The van der Waals surface area contributed by atoms with E-state index in [1.807, 2.05) is 42.5 Å². The summed E-state index contributed by atoms with van der Waals surface area (Å²) >= 11 is 6.41. The highest BCUT2D eigenvalue weighted by atomic mass is 35.5. The van der Waals surface area contributed by atoms with Crippen molar-refractivity contribution in [3.8, 4) is 22.8 Å². The molecule has 0 spiro atoms.